The Hall–Kier alpha value is -6.00. The van der Waals surface area contributed by atoms with Crippen molar-refractivity contribution >= 4 is 43.6 Å². The minimum Gasteiger partial charge on any atom is -0.354 e. The minimum absolute atomic E-state index is 0.0547. The van der Waals surface area contributed by atoms with Gasteiger partial charge in [-0.1, -0.05) is 99.6 Å². The largest absolute Gasteiger partial charge is 0.354 e. The molecule has 3 aromatic heterocycles. The Morgan fingerprint density at radius 3 is 2.19 bits per heavy atom. The van der Waals surface area contributed by atoms with E-state index in [1.165, 1.54) is 27.1 Å². The van der Waals surface area contributed by atoms with Crippen molar-refractivity contribution < 1.29 is 0 Å². The predicted octanol–water partition coefficient (Wildman–Crippen LogP) is 11.5. The molecule has 1 N–H and O–H groups in total. The highest BCUT2D eigenvalue weighted by Crippen LogP contribution is 2.42. The molecule has 6 aromatic carbocycles. The molecule has 0 bridgehead atoms. The summed E-state index contributed by atoms with van der Waals surface area (Å²) in [6.45, 7) is 6.85. The van der Waals surface area contributed by atoms with Crippen LogP contribution in [0.1, 0.15) is 26.3 Å². The first-order valence-corrected chi connectivity index (χ1v) is 16.5. The van der Waals surface area contributed by atoms with E-state index in [2.05, 4.69) is 158 Å². The molecule has 0 spiro atoms. The number of aromatic amines is 1. The van der Waals surface area contributed by atoms with Gasteiger partial charge in [-0.2, -0.15) is 0 Å². The first kappa shape index (κ1) is 28.2. The number of hydrogen-bond donors (Lipinski definition) is 1. The Balaban J connectivity index is 1.40. The van der Waals surface area contributed by atoms with Gasteiger partial charge in [0, 0.05) is 44.9 Å². The van der Waals surface area contributed by atoms with Crippen molar-refractivity contribution in [2.75, 3.05) is 0 Å². The van der Waals surface area contributed by atoms with Crippen LogP contribution in [0.4, 0.5) is 0 Å². The number of H-pyrrole nitrogens is 1. The molecule has 4 nitrogen and oxygen atoms in total. The molecular weight excluding hydrogens is 585 g/mol. The van der Waals surface area contributed by atoms with Crippen molar-refractivity contribution in [3.05, 3.63) is 151 Å². The van der Waals surface area contributed by atoms with Gasteiger partial charge >= 0.3 is 0 Å². The first-order chi connectivity index (χ1) is 23.4. The smallest absolute Gasteiger partial charge is 0.147 e. The zero-order valence-electron chi connectivity index (χ0n) is 27.2. The second-order valence-electron chi connectivity index (χ2n) is 13.6. The van der Waals surface area contributed by atoms with E-state index in [0.717, 1.165) is 61.5 Å². The number of nitrogens with zero attached hydrogens (tertiary/aromatic N) is 3. The Morgan fingerprint density at radius 1 is 0.604 bits per heavy atom. The van der Waals surface area contributed by atoms with Gasteiger partial charge < -0.3 is 4.98 Å². The van der Waals surface area contributed by atoms with Crippen LogP contribution in [0.5, 0.6) is 0 Å². The van der Waals surface area contributed by atoms with E-state index in [4.69, 9.17) is 9.97 Å². The Morgan fingerprint density at radius 2 is 1.38 bits per heavy atom. The number of pyridine rings is 1. The average molecular weight is 619 g/mol. The first-order valence-electron chi connectivity index (χ1n) is 16.5. The molecule has 0 radical (unpaired) electrons. The van der Waals surface area contributed by atoms with Gasteiger partial charge in [-0.05, 0) is 88.0 Å². The van der Waals surface area contributed by atoms with Crippen LogP contribution >= 0.6 is 0 Å². The third kappa shape index (κ3) is 4.52. The highest BCUT2D eigenvalue weighted by molar-refractivity contribution is 6.13. The molecule has 0 saturated carbocycles. The molecule has 48 heavy (non-hydrogen) atoms. The molecular formula is C44H34N4. The second kappa shape index (κ2) is 10.8. The maximum Gasteiger partial charge on any atom is 0.147 e. The summed E-state index contributed by atoms with van der Waals surface area (Å²) in [6.07, 6.45) is 1.86. The van der Waals surface area contributed by atoms with Crippen molar-refractivity contribution in [3.63, 3.8) is 0 Å². The lowest BCUT2D eigenvalue weighted by molar-refractivity contribution is 0.591. The van der Waals surface area contributed by atoms with Gasteiger partial charge in [0.2, 0.25) is 0 Å². The maximum atomic E-state index is 5.62. The summed E-state index contributed by atoms with van der Waals surface area (Å²) in [5.74, 6) is 0.913. The van der Waals surface area contributed by atoms with Gasteiger partial charge in [0.25, 0.3) is 0 Å². The van der Waals surface area contributed by atoms with Gasteiger partial charge in [-0.3, -0.25) is 9.55 Å². The predicted molar refractivity (Wildman–Crippen MR) is 201 cm³/mol. The molecule has 4 heteroatoms. The van der Waals surface area contributed by atoms with Gasteiger partial charge in [0.05, 0.1) is 22.2 Å². The SMILES string of the molecule is CC(C)(C)c1cc(-c2nc3c(-c4cc(-c5ccccn5)cc5ccccc45)cccc3n2-c2ccccc2)c2[nH]c3ccccc3c2c1. The normalized spacial score (nSPS) is 12.1. The fraction of sp³-hybridized carbons (Fsp3) is 0.0909. The highest BCUT2D eigenvalue weighted by Gasteiger charge is 2.24. The van der Waals surface area contributed by atoms with Crippen LogP contribution in [0.15, 0.2) is 146 Å². The number of hydrogen-bond acceptors (Lipinski definition) is 2. The fourth-order valence-electron chi connectivity index (χ4n) is 7.11. The van der Waals surface area contributed by atoms with Gasteiger partial charge in [-0.15, -0.1) is 0 Å². The standard InChI is InChI=1S/C44H34N4/c1-44(2,3)30-26-36-33-18-9-10-21-39(33)46-41(36)37(27-30)43-47-42-34(19-13-22-40(42)48(43)31-15-5-4-6-16-31)35-25-29(38-20-11-12-23-45-38)24-28-14-7-8-17-32(28)35/h4-27,46H,1-3H3. The van der Waals surface area contributed by atoms with Crippen LogP contribution in [0.3, 0.4) is 0 Å². The molecule has 0 saturated heterocycles. The number of benzene rings is 6. The second-order valence-corrected chi connectivity index (χ2v) is 13.6. The Labute approximate surface area is 279 Å². The molecule has 0 aliphatic carbocycles. The van der Waals surface area contributed by atoms with E-state index in [1.807, 2.05) is 18.3 Å². The van der Waals surface area contributed by atoms with Gasteiger partial charge in [0.15, 0.2) is 0 Å². The summed E-state index contributed by atoms with van der Waals surface area (Å²) in [4.78, 5) is 14.1. The third-order valence-electron chi connectivity index (χ3n) is 9.53. The van der Waals surface area contributed by atoms with Crippen LogP contribution in [0, 0.1) is 0 Å². The quantitative estimate of drug-likeness (QED) is 0.213. The Kier molecular flexibility index (Phi) is 6.34. The number of aromatic nitrogens is 4. The molecule has 230 valence electrons. The lowest BCUT2D eigenvalue weighted by atomic mass is 9.85. The molecule has 9 aromatic rings. The highest BCUT2D eigenvalue weighted by atomic mass is 15.1. The van der Waals surface area contributed by atoms with Crippen LogP contribution in [-0.2, 0) is 5.41 Å². The molecule has 0 amide bonds. The monoisotopic (exact) mass is 618 g/mol. The van der Waals surface area contributed by atoms with Crippen molar-refractivity contribution in [2.45, 2.75) is 26.2 Å². The third-order valence-corrected chi connectivity index (χ3v) is 9.53. The number of imidazole rings is 1. The van der Waals surface area contributed by atoms with E-state index in [9.17, 15) is 0 Å². The molecule has 0 aliphatic heterocycles. The van der Waals surface area contributed by atoms with E-state index < -0.39 is 0 Å². The maximum absolute atomic E-state index is 5.62. The summed E-state index contributed by atoms with van der Waals surface area (Å²) in [7, 11) is 0. The Bertz CT molecular complexity index is 2640. The van der Waals surface area contributed by atoms with Crippen molar-refractivity contribution in [1.82, 2.24) is 19.5 Å². The van der Waals surface area contributed by atoms with E-state index in [0.29, 0.717) is 0 Å². The molecule has 0 atom stereocenters. The zero-order chi connectivity index (χ0) is 32.4. The molecule has 9 rings (SSSR count). The molecule has 0 unspecified atom stereocenters. The van der Waals surface area contributed by atoms with Gasteiger partial charge in [-0.25, -0.2) is 4.98 Å². The summed E-state index contributed by atoms with van der Waals surface area (Å²) in [5, 5.41) is 4.80. The van der Waals surface area contributed by atoms with Crippen molar-refractivity contribution in [3.8, 4) is 39.5 Å². The van der Waals surface area contributed by atoms with Gasteiger partial charge in [0.1, 0.15) is 5.82 Å². The van der Waals surface area contributed by atoms with Crippen LogP contribution in [0.2, 0.25) is 0 Å². The molecule has 0 fully saturated rings. The lowest BCUT2D eigenvalue weighted by Gasteiger charge is -2.21. The average Bonchev–Trinajstić information content (AvgIpc) is 3.70. The van der Waals surface area contributed by atoms with Crippen LogP contribution in [-0.4, -0.2) is 19.5 Å². The topological polar surface area (TPSA) is 46.5 Å². The number of para-hydroxylation sites is 3. The summed E-state index contributed by atoms with van der Waals surface area (Å²) in [6, 6.07) is 49.7. The fourth-order valence-corrected chi connectivity index (χ4v) is 7.11. The van der Waals surface area contributed by atoms with Crippen LogP contribution in [0.25, 0.3) is 83.1 Å². The van der Waals surface area contributed by atoms with Crippen LogP contribution < -0.4 is 0 Å². The minimum atomic E-state index is -0.0547. The summed E-state index contributed by atoms with van der Waals surface area (Å²) in [5.41, 5.74) is 11.9. The van der Waals surface area contributed by atoms with Crippen molar-refractivity contribution in [1.29, 1.82) is 0 Å². The van der Waals surface area contributed by atoms with Crippen molar-refractivity contribution in [2.24, 2.45) is 0 Å². The van der Waals surface area contributed by atoms with E-state index in [-0.39, 0.29) is 5.41 Å². The lowest BCUT2D eigenvalue weighted by Crippen LogP contribution is -2.11. The summed E-state index contributed by atoms with van der Waals surface area (Å²) >= 11 is 0. The van der Waals surface area contributed by atoms with E-state index >= 15 is 0 Å². The number of rotatable bonds is 4. The van der Waals surface area contributed by atoms with E-state index in [1.54, 1.807) is 0 Å². The number of fused-ring (bicyclic) bond motifs is 5. The summed E-state index contributed by atoms with van der Waals surface area (Å²) < 4.78 is 2.33. The number of nitrogens with one attached hydrogen (secondary N) is 1. The zero-order valence-corrected chi connectivity index (χ0v) is 27.2. The molecule has 0 aliphatic rings. The molecule has 3 heterocycles.